The second-order valence-electron chi connectivity index (χ2n) is 4.04. The van der Waals surface area contributed by atoms with E-state index in [1.165, 1.54) is 6.92 Å². The number of ketones is 1. The normalized spacial score (nSPS) is 10.0. The highest BCUT2D eigenvalue weighted by atomic mass is 35.5. The van der Waals surface area contributed by atoms with E-state index in [-0.39, 0.29) is 16.7 Å². The number of amides is 1. The van der Waals surface area contributed by atoms with E-state index in [1.807, 2.05) is 6.07 Å². The molecule has 0 aromatic heterocycles. The molecule has 0 spiro atoms. The number of benzene rings is 2. The first kappa shape index (κ1) is 13.3. The first-order valence-corrected chi connectivity index (χ1v) is 6.13. The van der Waals surface area contributed by atoms with E-state index < -0.39 is 0 Å². The summed E-state index contributed by atoms with van der Waals surface area (Å²) in [6, 6.07) is 13.9. The summed E-state index contributed by atoms with van der Waals surface area (Å²) in [5.74, 6) is -0.399. The van der Waals surface area contributed by atoms with Crippen LogP contribution in [0.1, 0.15) is 22.8 Å². The van der Waals surface area contributed by atoms with Gasteiger partial charge in [-0.05, 0) is 12.1 Å². The van der Waals surface area contributed by atoms with E-state index in [0.717, 1.165) is 0 Å². The zero-order valence-electron chi connectivity index (χ0n) is 10.3. The third-order valence-electron chi connectivity index (χ3n) is 2.59. The quantitative estimate of drug-likeness (QED) is 0.870. The van der Waals surface area contributed by atoms with Crippen molar-refractivity contribution in [2.24, 2.45) is 0 Å². The molecule has 1 N–H and O–H groups in total. The lowest BCUT2D eigenvalue weighted by Gasteiger charge is -2.09. The van der Waals surface area contributed by atoms with Crippen LogP contribution in [0, 0.1) is 0 Å². The largest absolute Gasteiger partial charge is 0.325 e. The fourth-order valence-corrected chi connectivity index (χ4v) is 2.00. The van der Waals surface area contributed by atoms with Gasteiger partial charge in [-0.3, -0.25) is 9.59 Å². The van der Waals surface area contributed by atoms with Crippen LogP contribution in [0.3, 0.4) is 0 Å². The Labute approximate surface area is 116 Å². The van der Waals surface area contributed by atoms with Gasteiger partial charge in [0.05, 0.1) is 10.7 Å². The molecule has 3 nitrogen and oxygen atoms in total. The number of hydrogen-bond acceptors (Lipinski definition) is 2. The highest BCUT2D eigenvalue weighted by Crippen LogP contribution is 2.27. The van der Waals surface area contributed by atoms with Gasteiger partial charge in [0.25, 0.3) is 0 Å². The Morgan fingerprint density at radius 2 is 1.68 bits per heavy atom. The predicted octanol–water partition coefficient (Wildman–Crippen LogP) is 3.53. The molecule has 2 aromatic carbocycles. The van der Waals surface area contributed by atoms with Gasteiger partial charge in [-0.2, -0.15) is 0 Å². The Kier molecular flexibility index (Phi) is 3.97. The monoisotopic (exact) mass is 273 g/mol. The molecule has 0 unspecified atom stereocenters. The molecule has 0 aliphatic rings. The Morgan fingerprint density at radius 1 is 1.00 bits per heavy atom. The highest BCUT2D eigenvalue weighted by molar-refractivity contribution is 6.37. The van der Waals surface area contributed by atoms with Crippen LogP contribution < -0.4 is 5.32 Å². The second kappa shape index (κ2) is 5.67. The van der Waals surface area contributed by atoms with Crippen molar-refractivity contribution in [1.82, 2.24) is 0 Å². The lowest BCUT2D eigenvalue weighted by molar-refractivity contribution is -0.114. The minimum Gasteiger partial charge on any atom is -0.325 e. The maximum absolute atomic E-state index is 12.3. The molecule has 0 fully saturated rings. The van der Waals surface area contributed by atoms with Crippen molar-refractivity contribution in [3.05, 3.63) is 64.7 Å². The SMILES string of the molecule is CC(=O)Nc1cccc(C(=O)c2ccccc2)c1Cl. The standard InChI is InChI=1S/C15H12ClNO2/c1-10(18)17-13-9-5-8-12(14(13)16)15(19)11-6-3-2-4-7-11/h2-9H,1H3,(H,17,18). The van der Waals surface area contributed by atoms with Crippen molar-refractivity contribution in [3.8, 4) is 0 Å². The summed E-state index contributed by atoms with van der Waals surface area (Å²) < 4.78 is 0. The molecular formula is C15H12ClNO2. The maximum Gasteiger partial charge on any atom is 0.221 e. The number of carbonyl (C=O) groups is 2. The van der Waals surface area contributed by atoms with Crippen LogP contribution in [-0.4, -0.2) is 11.7 Å². The molecule has 0 atom stereocenters. The summed E-state index contributed by atoms with van der Waals surface area (Å²) in [5.41, 5.74) is 1.37. The summed E-state index contributed by atoms with van der Waals surface area (Å²) in [6.45, 7) is 1.39. The van der Waals surface area contributed by atoms with E-state index in [0.29, 0.717) is 16.8 Å². The summed E-state index contributed by atoms with van der Waals surface area (Å²) in [5, 5.41) is 2.85. The maximum atomic E-state index is 12.3. The van der Waals surface area contributed by atoms with E-state index in [9.17, 15) is 9.59 Å². The Balaban J connectivity index is 2.41. The van der Waals surface area contributed by atoms with Crippen molar-refractivity contribution in [3.63, 3.8) is 0 Å². The zero-order chi connectivity index (χ0) is 13.8. The van der Waals surface area contributed by atoms with E-state index in [4.69, 9.17) is 11.6 Å². The lowest BCUT2D eigenvalue weighted by atomic mass is 10.0. The molecule has 0 aliphatic heterocycles. The average molecular weight is 274 g/mol. The smallest absolute Gasteiger partial charge is 0.221 e. The van der Waals surface area contributed by atoms with Crippen LogP contribution in [0.5, 0.6) is 0 Å². The van der Waals surface area contributed by atoms with Gasteiger partial charge in [0, 0.05) is 18.1 Å². The molecule has 2 rings (SSSR count). The molecule has 0 aliphatic carbocycles. The van der Waals surface area contributed by atoms with E-state index >= 15 is 0 Å². The van der Waals surface area contributed by atoms with E-state index in [2.05, 4.69) is 5.32 Å². The number of hydrogen-bond donors (Lipinski definition) is 1. The summed E-state index contributed by atoms with van der Waals surface area (Å²) in [6.07, 6.45) is 0. The summed E-state index contributed by atoms with van der Waals surface area (Å²) in [7, 11) is 0. The number of carbonyl (C=O) groups excluding carboxylic acids is 2. The third-order valence-corrected chi connectivity index (χ3v) is 3.00. The molecule has 0 bridgehead atoms. The van der Waals surface area contributed by atoms with Crippen molar-refractivity contribution in [2.75, 3.05) is 5.32 Å². The van der Waals surface area contributed by atoms with Gasteiger partial charge >= 0.3 is 0 Å². The molecular weight excluding hydrogens is 262 g/mol. The van der Waals surface area contributed by atoms with Gasteiger partial charge in [-0.25, -0.2) is 0 Å². The van der Waals surface area contributed by atoms with Crippen molar-refractivity contribution in [1.29, 1.82) is 0 Å². The number of nitrogens with one attached hydrogen (secondary N) is 1. The first-order chi connectivity index (χ1) is 9.09. The predicted molar refractivity (Wildman–Crippen MR) is 75.6 cm³/mol. The fraction of sp³-hybridized carbons (Fsp3) is 0.0667. The van der Waals surface area contributed by atoms with Gasteiger partial charge in [0.1, 0.15) is 0 Å². The first-order valence-electron chi connectivity index (χ1n) is 5.75. The Bertz CT molecular complexity index is 623. The van der Waals surface area contributed by atoms with Crippen LogP contribution >= 0.6 is 11.6 Å². The minimum atomic E-state index is -0.230. The van der Waals surface area contributed by atoms with Crippen LogP contribution in [0.2, 0.25) is 5.02 Å². The molecule has 0 heterocycles. The molecule has 1 amide bonds. The van der Waals surface area contributed by atoms with Crippen LogP contribution in [-0.2, 0) is 4.79 Å². The lowest BCUT2D eigenvalue weighted by Crippen LogP contribution is -2.09. The van der Waals surface area contributed by atoms with Crippen LogP contribution in [0.25, 0.3) is 0 Å². The van der Waals surface area contributed by atoms with Crippen molar-refractivity contribution < 1.29 is 9.59 Å². The van der Waals surface area contributed by atoms with Gasteiger partial charge in [0.2, 0.25) is 5.91 Å². The topological polar surface area (TPSA) is 46.2 Å². The van der Waals surface area contributed by atoms with Crippen LogP contribution in [0.4, 0.5) is 5.69 Å². The Hall–Kier alpha value is -2.13. The average Bonchev–Trinajstić information content (AvgIpc) is 2.41. The number of anilines is 1. The third kappa shape index (κ3) is 3.01. The van der Waals surface area contributed by atoms with Crippen molar-refractivity contribution >= 4 is 29.0 Å². The highest BCUT2D eigenvalue weighted by Gasteiger charge is 2.15. The molecule has 0 radical (unpaired) electrons. The molecule has 0 saturated carbocycles. The zero-order valence-corrected chi connectivity index (χ0v) is 11.1. The summed E-state index contributed by atoms with van der Waals surface area (Å²) >= 11 is 6.16. The van der Waals surface area contributed by atoms with Gasteiger partial charge in [-0.15, -0.1) is 0 Å². The number of halogens is 1. The second-order valence-corrected chi connectivity index (χ2v) is 4.42. The fourth-order valence-electron chi connectivity index (χ4n) is 1.74. The summed E-state index contributed by atoms with van der Waals surface area (Å²) in [4.78, 5) is 23.4. The minimum absolute atomic E-state index is 0.169. The molecule has 0 saturated heterocycles. The molecule has 2 aromatic rings. The number of rotatable bonds is 3. The van der Waals surface area contributed by atoms with Gasteiger partial charge < -0.3 is 5.32 Å². The van der Waals surface area contributed by atoms with E-state index in [1.54, 1.807) is 42.5 Å². The van der Waals surface area contributed by atoms with Crippen molar-refractivity contribution in [2.45, 2.75) is 6.92 Å². The molecule has 19 heavy (non-hydrogen) atoms. The molecule has 4 heteroatoms. The Morgan fingerprint density at radius 3 is 2.32 bits per heavy atom. The van der Waals surface area contributed by atoms with Crippen LogP contribution in [0.15, 0.2) is 48.5 Å². The van der Waals surface area contributed by atoms with Gasteiger partial charge in [-0.1, -0.05) is 48.0 Å². The molecule has 96 valence electrons. The van der Waals surface area contributed by atoms with Gasteiger partial charge in [0.15, 0.2) is 5.78 Å².